The predicted octanol–water partition coefficient (Wildman–Crippen LogP) is 10.4. The summed E-state index contributed by atoms with van der Waals surface area (Å²) in [5.41, 5.74) is 18.4. The van der Waals surface area contributed by atoms with Gasteiger partial charge in [0.15, 0.2) is 0 Å². The van der Waals surface area contributed by atoms with Crippen molar-refractivity contribution < 1.29 is 0 Å². The van der Waals surface area contributed by atoms with Gasteiger partial charge < -0.3 is 9.80 Å². The van der Waals surface area contributed by atoms with E-state index in [1.54, 1.807) is 0 Å². The van der Waals surface area contributed by atoms with E-state index in [1.807, 2.05) is 0 Å². The first-order valence-corrected chi connectivity index (χ1v) is 17.4. The molecule has 0 spiro atoms. The maximum absolute atomic E-state index is 3.40. The highest BCUT2D eigenvalue weighted by Crippen LogP contribution is 2.55. The lowest BCUT2D eigenvalue weighted by atomic mass is 9.30. The molecule has 7 aromatic carbocycles. The molecule has 2 nitrogen and oxygen atoms in total. The van der Waals surface area contributed by atoms with E-state index in [9.17, 15) is 0 Å². The van der Waals surface area contributed by atoms with E-state index in [2.05, 4.69) is 200 Å². The van der Waals surface area contributed by atoms with Gasteiger partial charge in [0.2, 0.25) is 6.71 Å². The second-order valence-corrected chi connectivity index (χ2v) is 14.0. The number of allylic oxidation sites excluding steroid dienone is 1. The minimum Gasteiger partial charge on any atom is -0.311 e. The largest absolute Gasteiger partial charge is 0.311 e. The average molecular weight is 637 g/mol. The molecule has 0 bridgehead atoms. The third-order valence-corrected chi connectivity index (χ3v) is 10.9. The van der Waals surface area contributed by atoms with Crippen molar-refractivity contribution in [2.24, 2.45) is 0 Å². The van der Waals surface area contributed by atoms with E-state index >= 15 is 0 Å². The molecule has 0 amide bonds. The van der Waals surface area contributed by atoms with Gasteiger partial charge in [-0.05, 0) is 69.6 Å². The fourth-order valence-corrected chi connectivity index (χ4v) is 8.72. The maximum Gasteiger partial charge on any atom is 0.248 e. The molecule has 3 aliphatic rings. The van der Waals surface area contributed by atoms with Crippen LogP contribution in [0.2, 0.25) is 0 Å². The average Bonchev–Trinajstić information content (AvgIpc) is 3.42. The minimum absolute atomic E-state index is 0.0717. The van der Waals surface area contributed by atoms with Crippen molar-refractivity contribution in [3.63, 3.8) is 0 Å². The van der Waals surface area contributed by atoms with E-state index in [0.717, 1.165) is 16.8 Å². The molecule has 10 rings (SSSR count). The number of benzene rings is 6. The molecular weight excluding hydrogens is 603 g/mol. The maximum atomic E-state index is 3.40. The third-order valence-electron chi connectivity index (χ3n) is 10.9. The van der Waals surface area contributed by atoms with E-state index in [1.165, 1.54) is 67.1 Å². The lowest BCUT2D eigenvalue weighted by molar-refractivity contribution is 0.666. The van der Waals surface area contributed by atoms with Crippen molar-refractivity contribution in [3.05, 3.63) is 193 Å². The van der Waals surface area contributed by atoms with Gasteiger partial charge in [0.25, 0.3) is 0 Å². The van der Waals surface area contributed by atoms with Gasteiger partial charge in [-0.1, -0.05) is 153 Å². The first-order chi connectivity index (χ1) is 24.6. The van der Waals surface area contributed by atoms with Gasteiger partial charge in [-0.3, -0.25) is 0 Å². The molecule has 0 unspecified atom stereocenters. The molecule has 3 heteroatoms. The second kappa shape index (κ2) is 10.9. The van der Waals surface area contributed by atoms with Gasteiger partial charge in [-0.25, -0.2) is 0 Å². The predicted molar refractivity (Wildman–Crippen MR) is 210 cm³/mol. The smallest absolute Gasteiger partial charge is 0.248 e. The summed E-state index contributed by atoms with van der Waals surface area (Å²) in [6.45, 7) is 4.91. The van der Waals surface area contributed by atoms with Crippen molar-refractivity contribution in [1.82, 2.24) is 0 Å². The Morgan fingerprint density at radius 3 is 1.96 bits per heavy atom. The zero-order valence-corrected chi connectivity index (χ0v) is 28.1. The molecule has 2 heterocycles. The molecule has 0 atom stereocenters. The van der Waals surface area contributed by atoms with Gasteiger partial charge in [0.05, 0.1) is 5.69 Å². The summed E-state index contributed by atoms with van der Waals surface area (Å²) in [5.74, 6) is 0. The summed E-state index contributed by atoms with van der Waals surface area (Å²) < 4.78 is 0. The Kier molecular flexibility index (Phi) is 6.26. The SMILES string of the molecule is CC1(C)C2=C(c3ccccc31)N(c1ccccc1)c1cccc3c1B2c1ccc(-c2ccccc2)cc1N3c1cc#cc(-c2ccccc2)c1. The molecule has 7 aromatic rings. The topological polar surface area (TPSA) is 6.48 Å². The molecule has 0 N–H and O–H groups in total. The van der Waals surface area contributed by atoms with E-state index in [-0.39, 0.29) is 12.1 Å². The molecule has 0 saturated carbocycles. The summed E-state index contributed by atoms with van der Waals surface area (Å²) in [6, 6.07) is 66.3. The van der Waals surface area contributed by atoms with Crippen molar-refractivity contribution in [2.45, 2.75) is 19.3 Å². The normalized spacial score (nSPS) is 14.8. The van der Waals surface area contributed by atoms with Gasteiger partial charge >= 0.3 is 0 Å². The number of anilines is 5. The Hall–Kier alpha value is -6.24. The van der Waals surface area contributed by atoms with Crippen LogP contribution in [0, 0.1) is 12.1 Å². The highest BCUT2D eigenvalue weighted by atomic mass is 15.2. The lowest BCUT2D eigenvalue weighted by Gasteiger charge is -2.46. The molecule has 50 heavy (non-hydrogen) atoms. The number of para-hydroxylation sites is 1. The van der Waals surface area contributed by atoms with Gasteiger partial charge in [0.1, 0.15) is 0 Å². The second-order valence-electron chi connectivity index (χ2n) is 14.0. The van der Waals surface area contributed by atoms with Crippen LogP contribution in [0.3, 0.4) is 0 Å². The Morgan fingerprint density at radius 1 is 0.540 bits per heavy atom. The van der Waals surface area contributed by atoms with E-state index in [4.69, 9.17) is 0 Å². The van der Waals surface area contributed by atoms with Crippen molar-refractivity contribution in [2.75, 3.05) is 9.80 Å². The molecule has 0 radical (unpaired) electrons. The zero-order chi connectivity index (χ0) is 33.4. The summed E-state index contributed by atoms with van der Waals surface area (Å²) in [4.78, 5) is 5.00. The molecule has 2 aliphatic heterocycles. The van der Waals surface area contributed by atoms with Crippen LogP contribution < -0.4 is 20.7 Å². The number of hydrogen-bond donors (Lipinski definition) is 0. The van der Waals surface area contributed by atoms with Crippen LogP contribution in [0.15, 0.2) is 169 Å². The molecule has 0 fully saturated rings. The van der Waals surface area contributed by atoms with Gasteiger partial charge in [-0.15, -0.1) is 0 Å². The van der Waals surface area contributed by atoms with Crippen LogP contribution in [-0.4, -0.2) is 6.71 Å². The molecule has 0 saturated heterocycles. The van der Waals surface area contributed by atoms with E-state index < -0.39 is 0 Å². The van der Waals surface area contributed by atoms with Crippen LogP contribution >= 0.6 is 0 Å². The van der Waals surface area contributed by atoms with Gasteiger partial charge in [-0.2, -0.15) is 0 Å². The Morgan fingerprint density at radius 2 is 1.20 bits per heavy atom. The number of nitrogens with zero attached hydrogens (tertiary/aromatic N) is 2. The zero-order valence-electron chi connectivity index (χ0n) is 28.1. The lowest BCUT2D eigenvalue weighted by Crippen LogP contribution is -2.57. The monoisotopic (exact) mass is 636 g/mol. The summed E-state index contributed by atoms with van der Waals surface area (Å²) >= 11 is 0. The first-order valence-electron chi connectivity index (χ1n) is 17.4. The quantitative estimate of drug-likeness (QED) is 0.178. The first kappa shape index (κ1) is 28.7. The fraction of sp³-hybridized carbons (Fsp3) is 0.0638. The summed E-state index contributed by atoms with van der Waals surface area (Å²) in [5, 5.41) is 0. The molecule has 1 aliphatic carbocycles. The van der Waals surface area contributed by atoms with Crippen molar-refractivity contribution in [1.29, 1.82) is 0 Å². The Labute approximate surface area is 294 Å². The third kappa shape index (κ3) is 4.12. The standard InChI is InChI=1S/C47H33BN2/c1-47(2)39-25-13-12-24-38(39)45-46(47)48-40-29-28-35(33-18-8-4-9-19-33)31-43(40)49(37-23-14-20-34(30-37)32-16-6-3-7-17-32)41-26-15-27-42(44(41)48)50(45)36-21-10-5-11-22-36/h3-13,15-19,21-31H,1-2H3. The van der Waals surface area contributed by atoms with Crippen molar-refractivity contribution >= 4 is 51.8 Å². The van der Waals surface area contributed by atoms with E-state index in [0.29, 0.717) is 0 Å². The molecule has 0 aromatic heterocycles. The van der Waals surface area contributed by atoms with Crippen LogP contribution in [0.25, 0.3) is 28.0 Å². The highest BCUT2D eigenvalue weighted by molar-refractivity contribution is 6.96. The minimum atomic E-state index is -0.193. The van der Waals surface area contributed by atoms with Crippen LogP contribution in [0.5, 0.6) is 0 Å². The fourth-order valence-electron chi connectivity index (χ4n) is 8.72. The van der Waals surface area contributed by atoms with Gasteiger partial charge in [0, 0.05) is 51.1 Å². The Balaban J connectivity index is 1.29. The summed E-state index contributed by atoms with van der Waals surface area (Å²) in [6.07, 6.45) is 0. The Bertz CT molecular complexity index is 2470. The van der Waals surface area contributed by atoms with Crippen LogP contribution in [-0.2, 0) is 5.41 Å². The van der Waals surface area contributed by atoms with Crippen LogP contribution in [0.1, 0.15) is 25.0 Å². The number of rotatable bonds is 4. The number of fused-ring (bicyclic) bond motifs is 5. The summed E-state index contributed by atoms with van der Waals surface area (Å²) in [7, 11) is 0. The van der Waals surface area contributed by atoms with Crippen molar-refractivity contribution in [3.8, 4) is 22.3 Å². The number of hydrogen-bond acceptors (Lipinski definition) is 2. The van der Waals surface area contributed by atoms with Crippen LogP contribution in [0.4, 0.5) is 28.4 Å². The molecule has 234 valence electrons. The highest BCUT2D eigenvalue weighted by Gasteiger charge is 2.52. The molecular formula is C47H33BN2.